The Labute approximate surface area is 106 Å². The largest absolute Gasteiger partial charge is 0.380 e. The van der Waals surface area contributed by atoms with Crippen molar-refractivity contribution < 1.29 is 9.13 Å². The monoisotopic (exact) mass is 258 g/mol. The van der Waals surface area contributed by atoms with E-state index >= 15 is 0 Å². The van der Waals surface area contributed by atoms with E-state index in [2.05, 4.69) is 4.98 Å². The van der Waals surface area contributed by atoms with Crippen molar-refractivity contribution in [2.45, 2.75) is 24.8 Å². The number of ether oxygens (including phenoxy) is 1. The van der Waals surface area contributed by atoms with Crippen LogP contribution in [-0.2, 0) is 10.6 Å². The highest BCUT2D eigenvalue weighted by Crippen LogP contribution is 2.24. The molecule has 3 nitrogen and oxygen atoms in total. The van der Waals surface area contributed by atoms with Crippen LogP contribution in [0.1, 0.15) is 18.4 Å². The zero-order chi connectivity index (χ0) is 12.3. The maximum Gasteiger partial charge on any atom is 0.170 e. The number of hydrogen-bond acceptors (Lipinski definition) is 3. The minimum absolute atomic E-state index is 0.157. The predicted octanol–water partition coefficient (Wildman–Crippen LogP) is 2.57. The number of pyridine rings is 1. The molecule has 94 valence electrons. The van der Waals surface area contributed by atoms with Crippen LogP contribution in [0.15, 0.2) is 12.3 Å². The highest BCUT2D eigenvalue weighted by Gasteiger charge is 2.23. The summed E-state index contributed by atoms with van der Waals surface area (Å²) in [6, 6.07) is 1.61. The molecule has 1 atom stereocenters. The topological polar surface area (TPSA) is 25.4 Å². The molecule has 0 radical (unpaired) electrons. The van der Waals surface area contributed by atoms with E-state index in [9.17, 15) is 4.39 Å². The van der Waals surface area contributed by atoms with Gasteiger partial charge in [-0.15, -0.1) is 11.6 Å². The Morgan fingerprint density at radius 1 is 1.65 bits per heavy atom. The molecule has 0 spiro atoms. The first-order valence-corrected chi connectivity index (χ1v) is 6.26. The minimum atomic E-state index is -0.306. The standard InChI is InChI=1S/C12H16ClFN2O/c1-17-10-3-2-6-16(8-10)12-11(14)9(7-13)4-5-15-12/h4-5,10H,2-3,6-8H2,1H3. The molecule has 0 amide bonds. The number of aromatic nitrogens is 1. The Bertz CT molecular complexity index is 389. The second kappa shape index (κ2) is 5.65. The van der Waals surface area contributed by atoms with Crippen molar-refractivity contribution in [3.63, 3.8) is 0 Å². The van der Waals surface area contributed by atoms with Gasteiger partial charge in [0.2, 0.25) is 0 Å². The molecule has 5 heteroatoms. The van der Waals surface area contributed by atoms with Gasteiger partial charge >= 0.3 is 0 Å². The van der Waals surface area contributed by atoms with E-state index in [0.717, 1.165) is 19.4 Å². The fraction of sp³-hybridized carbons (Fsp3) is 0.583. The van der Waals surface area contributed by atoms with Gasteiger partial charge in [-0.2, -0.15) is 0 Å². The Kier molecular flexibility index (Phi) is 4.18. The zero-order valence-electron chi connectivity index (χ0n) is 9.83. The molecule has 0 saturated carbocycles. The molecule has 2 rings (SSSR count). The number of halogens is 2. The summed E-state index contributed by atoms with van der Waals surface area (Å²) in [5.74, 6) is 0.257. The van der Waals surface area contributed by atoms with Crippen LogP contribution >= 0.6 is 11.6 Å². The van der Waals surface area contributed by atoms with Crippen molar-refractivity contribution in [2.24, 2.45) is 0 Å². The zero-order valence-corrected chi connectivity index (χ0v) is 10.6. The summed E-state index contributed by atoms with van der Waals surface area (Å²) < 4.78 is 19.4. The van der Waals surface area contributed by atoms with Crippen molar-refractivity contribution >= 4 is 17.4 Å². The Morgan fingerprint density at radius 3 is 3.18 bits per heavy atom. The van der Waals surface area contributed by atoms with Crippen molar-refractivity contribution in [1.29, 1.82) is 0 Å². The van der Waals surface area contributed by atoms with Gasteiger partial charge in [-0.3, -0.25) is 0 Å². The molecular formula is C12H16ClFN2O. The second-order valence-corrected chi connectivity index (χ2v) is 4.45. The highest BCUT2D eigenvalue weighted by molar-refractivity contribution is 6.17. The van der Waals surface area contributed by atoms with Gasteiger partial charge in [0.25, 0.3) is 0 Å². The lowest BCUT2D eigenvalue weighted by molar-refractivity contribution is 0.0889. The third-order valence-corrected chi connectivity index (χ3v) is 3.39. The summed E-state index contributed by atoms with van der Waals surface area (Å²) in [5, 5.41) is 0. The fourth-order valence-corrected chi connectivity index (χ4v) is 2.32. The van der Waals surface area contributed by atoms with Crippen LogP contribution < -0.4 is 4.90 Å². The molecule has 0 aliphatic carbocycles. The van der Waals surface area contributed by atoms with Gasteiger partial charge in [0, 0.05) is 32.0 Å². The van der Waals surface area contributed by atoms with Crippen LogP contribution in [0.3, 0.4) is 0 Å². The summed E-state index contributed by atoms with van der Waals surface area (Å²) in [6.07, 6.45) is 3.77. The molecule has 0 aromatic carbocycles. The van der Waals surface area contributed by atoms with E-state index < -0.39 is 0 Å². The maximum absolute atomic E-state index is 14.1. The lowest BCUT2D eigenvalue weighted by atomic mass is 10.1. The SMILES string of the molecule is COC1CCCN(c2nccc(CCl)c2F)C1. The molecule has 1 saturated heterocycles. The van der Waals surface area contributed by atoms with Crippen molar-refractivity contribution in [2.75, 3.05) is 25.1 Å². The van der Waals surface area contributed by atoms with Crippen molar-refractivity contribution in [1.82, 2.24) is 4.98 Å². The lowest BCUT2D eigenvalue weighted by Gasteiger charge is -2.33. The molecule has 2 heterocycles. The minimum Gasteiger partial charge on any atom is -0.380 e. The van der Waals surface area contributed by atoms with Gasteiger partial charge in [-0.05, 0) is 18.9 Å². The number of piperidine rings is 1. The van der Waals surface area contributed by atoms with Crippen LogP contribution in [-0.4, -0.2) is 31.3 Å². The number of rotatable bonds is 3. The van der Waals surface area contributed by atoms with E-state index in [0.29, 0.717) is 17.9 Å². The molecule has 1 aromatic heterocycles. The van der Waals surface area contributed by atoms with E-state index in [1.54, 1.807) is 19.4 Å². The number of alkyl halides is 1. The van der Waals surface area contributed by atoms with E-state index in [-0.39, 0.29) is 17.8 Å². The first kappa shape index (κ1) is 12.6. The number of anilines is 1. The Morgan fingerprint density at radius 2 is 2.47 bits per heavy atom. The molecule has 1 fully saturated rings. The summed E-state index contributed by atoms with van der Waals surface area (Å²) in [4.78, 5) is 6.05. The van der Waals surface area contributed by atoms with E-state index in [1.807, 2.05) is 4.90 Å². The summed E-state index contributed by atoms with van der Waals surface area (Å²) in [5.41, 5.74) is 0.496. The van der Waals surface area contributed by atoms with Crippen LogP contribution in [0, 0.1) is 5.82 Å². The first-order chi connectivity index (χ1) is 8.26. The summed E-state index contributed by atoms with van der Waals surface area (Å²) in [6.45, 7) is 1.50. The van der Waals surface area contributed by atoms with E-state index in [4.69, 9.17) is 16.3 Å². The maximum atomic E-state index is 14.1. The molecule has 1 aliphatic rings. The van der Waals surface area contributed by atoms with Gasteiger partial charge < -0.3 is 9.64 Å². The van der Waals surface area contributed by atoms with Gasteiger partial charge in [0.15, 0.2) is 11.6 Å². The van der Waals surface area contributed by atoms with Crippen LogP contribution in [0.5, 0.6) is 0 Å². The highest BCUT2D eigenvalue weighted by atomic mass is 35.5. The Balaban J connectivity index is 2.21. The molecule has 1 aromatic rings. The fourth-order valence-electron chi connectivity index (χ4n) is 2.12. The number of hydrogen-bond donors (Lipinski definition) is 0. The average molecular weight is 259 g/mol. The average Bonchev–Trinajstić information content (AvgIpc) is 2.39. The molecule has 1 unspecified atom stereocenters. The number of methoxy groups -OCH3 is 1. The second-order valence-electron chi connectivity index (χ2n) is 4.19. The van der Waals surface area contributed by atoms with Crippen LogP contribution in [0.25, 0.3) is 0 Å². The number of nitrogens with zero attached hydrogens (tertiary/aromatic N) is 2. The molecule has 17 heavy (non-hydrogen) atoms. The van der Waals surface area contributed by atoms with Crippen molar-refractivity contribution in [3.8, 4) is 0 Å². The van der Waals surface area contributed by atoms with Gasteiger partial charge in [-0.1, -0.05) is 0 Å². The smallest absolute Gasteiger partial charge is 0.170 e. The summed E-state index contributed by atoms with van der Waals surface area (Å²) in [7, 11) is 1.69. The molecule has 0 N–H and O–H groups in total. The van der Waals surface area contributed by atoms with Crippen LogP contribution in [0.2, 0.25) is 0 Å². The normalized spacial score (nSPS) is 20.6. The molecular weight excluding hydrogens is 243 g/mol. The van der Waals surface area contributed by atoms with Crippen molar-refractivity contribution in [3.05, 3.63) is 23.6 Å². The third-order valence-electron chi connectivity index (χ3n) is 3.11. The third kappa shape index (κ3) is 2.69. The summed E-state index contributed by atoms with van der Waals surface area (Å²) >= 11 is 5.69. The van der Waals surface area contributed by atoms with Gasteiger partial charge in [0.1, 0.15) is 0 Å². The van der Waals surface area contributed by atoms with E-state index in [1.165, 1.54) is 0 Å². The quantitative estimate of drug-likeness (QED) is 0.780. The Hall–Kier alpha value is -0.870. The van der Waals surface area contributed by atoms with Gasteiger partial charge in [0.05, 0.1) is 12.0 Å². The predicted molar refractivity (Wildman–Crippen MR) is 66.0 cm³/mol. The first-order valence-electron chi connectivity index (χ1n) is 5.73. The van der Waals surface area contributed by atoms with Crippen LogP contribution in [0.4, 0.5) is 10.2 Å². The lowest BCUT2D eigenvalue weighted by Crippen LogP contribution is -2.40. The van der Waals surface area contributed by atoms with Gasteiger partial charge in [-0.25, -0.2) is 9.37 Å². The molecule has 0 bridgehead atoms. The molecule has 1 aliphatic heterocycles.